The van der Waals surface area contributed by atoms with E-state index in [2.05, 4.69) is 68.4 Å². The highest BCUT2D eigenvalue weighted by molar-refractivity contribution is 5.85. The van der Waals surface area contributed by atoms with Gasteiger partial charge in [-0.15, -0.1) is 0 Å². The van der Waals surface area contributed by atoms with Crippen molar-refractivity contribution in [1.82, 2.24) is 5.32 Å². The van der Waals surface area contributed by atoms with Gasteiger partial charge in [-0.25, -0.2) is 5.32 Å². The van der Waals surface area contributed by atoms with Crippen molar-refractivity contribution in [2.45, 2.75) is 19.3 Å². The highest BCUT2D eigenvalue weighted by Gasteiger charge is 2.37. The summed E-state index contributed by atoms with van der Waals surface area (Å²) >= 11 is 0. The topological polar surface area (TPSA) is 14.1 Å². The third-order valence-electron chi connectivity index (χ3n) is 4.56. The molecule has 0 N–H and O–H groups in total. The van der Waals surface area contributed by atoms with Gasteiger partial charge in [0.15, 0.2) is 0 Å². The summed E-state index contributed by atoms with van der Waals surface area (Å²) in [7, 11) is 0. The lowest BCUT2D eigenvalue weighted by Gasteiger charge is -2.23. The first-order chi connectivity index (χ1) is 10.7. The van der Waals surface area contributed by atoms with Gasteiger partial charge in [-0.3, -0.25) is 0 Å². The quantitative estimate of drug-likeness (QED) is 0.585. The Morgan fingerprint density at radius 3 is 2.18 bits per heavy atom. The molecule has 1 aliphatic carbocycles. The summed E-state index contributed by atoms with van der Waals surface area (Å²) < 4.78 is 0. The minimum atomic E-state index is -0.0131. The molecule has 0 atom stereocenters. The van der Waals surface area contributed by atoms with Crippen LogP contribution in [0.25, 0.3) is 11.1 Å². The van der Waals surface area contributed by atoms with Crippen LogP contribution in [0.3, 0.4) is 0 Å². The van der Waals surface area contributed by atoms with Gasteiger partial charge in [-0.1, -0.05) is 68.4 Å². The third-order valence-corrected chi connectivity index (χ3v) is 4.56. The third kappa shape index (κ3) is 1.86. The van der Waals surface area contributed by atoms with Crippen LogP contribution >= 0.6 is 0 Å². The number of benzene rings is 3. The van der Waals surface area contributed by atoms with Crippen LogP contribution in [-0.4, -0.2) is 0 Å². The van der Waals surface area contributed by atoms with Gasteiger partial charge in [0.2, 0.25) is 0 Å². The van der Waals surface area contributed by atoms with E-state index in [-0.39, 0.29) is 5.41 Å². The number of para-hydroxylation sites is 1. The maximum Gasteiger partial charge on any atom is 0.0683 e. The number of fused-ring (bicyclic) bond motifs is 3. The zero-order valence-electron chi connectivity index (χ0n) is 12.9. The molecular weight excluding hydrogens is 266 g/mol. The lowest BCUT2D eigenvalue weighted by Crippen LogP contribution is -2.16. The molecule has 22 heavy (non-hydrogen) atoms. The summed E-state index contributed by atoms with van der Waals surface area (Å²) in [6, 6.07) is 25.3. The fourth-order valence-corrected chi connectivity index (χ4v) is 3.55. The molecule has 107 valence electrons. The predicted octanol–water partition coefficient (Wildman–Crippen LogP) is 5.56. The van der Waals surface area contributed by atoms with E-state index >= 15 is 0 Å². The summed E-state index contributed by atoms with van der Waals surface area (Å²) in [6.45, 7) is 4.59. The Hall–Kier alpha value is -2.54. The Kier molecular flexibility index (Phi) is 2.83. The molecule has 0 saturated heterocycles. The van der Waals surface area contributed by atoms with Gasteiger partial charge in [0.05, 0.1) is 11.4 Å². The molecule has 0 unspecified atom stereocenters. The number of hydrogen-bond acceptors (Lipinski definition) is 0. The van der Waals surface area contributed by atoms with Crippen molar-refractivity contribution in [2.24, 2.45) is 0 Å². The first-order valence-corrected chi connectivity index (χ1v) is 7.68. The molecule has 0 amide bonds. The van der Waals surface area contributed by atoms with Crippen molar-refractivity contribution in [3.63, 3.8) is 0 Å². The Morgan fingerprint density at radius 2 is 1.36 bits per heavy atom. The summed E-state index contributed by atoms with van der Waals surface area (Å²) in [6.07, 6.45) is 0. The van der Waals surface area contributed by atoms with Gasteiger partial charge in [0.1, 0.15) is 0 Å². The first-order valence-electron chi connectivity index (χ1n) is 7.68. The van der Waals surface area contributed by atoms with E-state index in [1.54, 1.807) is 0 Å². The van der Waals surface area contributed by atoms with E-state index in [0.29, 0.717) is 0 Å². The van der Waals surface area contributed by atoms with Crippen molar-refractivity contribution < 1.29 is 0 Å². The first kappa shape index (κ1) is 13.1. The second-order valence-corrected chi connectivity index (χ2v) is 6.32. The largest absolute Gasteiger partial charge is 0.249 e. The Bertz CT molecular complexity index is 832. The zero-order valence-corrected chi connectivity index (χ0v) is 12.9. The van der Waals surface area contributed by atoms with Gasteiger partial charge in [-0.05, 0) is 40.5 Å². The van der Waals surface area contributed by atoms with Crippen LogP contribution in [0.2, 0.25) is 0 Å². The molecule has 1 nitrogen and oxygen atoms in total. The smallest absolute Gasteiger partial charge is 0.0683 e. The molecule has 3 aromatic rings. The molecule has 0 aromatic heterocycles. The molecule has 0 fully saturated rings. The Balaban J connectivity index is 1.89. The molecule has 3 aromatic carbocycles. The van der Waals surface area contributed by atoms with Gasteiger partial charge in [0.25, 0.3) is 0 Å². The monoisotopic (exact) mass is 284 g/mol. The lowest BCUT2D eigenvalue weighted by atomic mass is 9.81. The molecule has 0 aliphatic heterocycles. The highest BCUT2D eigenvalue weighted by atomic mass is 14.9. The highest BCUT2D eigenvalue weighted by Crippen LogP contribution is 2.51. The van der Waals surface area contributed by atoms with Gasteiger partial charge in [0, 0.05) is 5.41 Å². The molecule has 1 heteroatoms. The maximum atomic E-state index is 4.89. The van der Waals surface area contributed by atoms with Crippen LogP contribution in [0.1, 0.15) is 25.0 Å². The standard InChI is InChI=1S/C21H18N/c1-21(2)18-13-7-6-11-16(18)17-12-8-14-19(20(17)21)22-15-9-4-3-5-10-15/h3-14H,1-2H3. The molecule has 0 spiro atoms. The molecule has 1 radical (unpaired) electrons. The lowest BCUT2D eigenvalue weighted by molar-refractivity contribution is 0.658. The van der Waals surface area contributed by atoms with Crippen LogP contribution in [-0.2, 0) is 5.41 Å². The van der Waals surface area contributed by atoms with Crippen LogP contribution in [0.15, 0.2) is 72.8 Å². The summed E-state index contributed by atoms with van der Waals surface area (Å²) in [4.78, 5) is 0. The van der Waals surface area contributed by atoms with Crippen molar-refractivity contribution >= 4 is 11.4 Å². The molecule has 4 rings (SSSR count). The van der Waals surface area contributed by atoms with E-state index in [4.69, 9.17) is 5.32 Å². The van der Waals surface area contributed by atoms with Gasteiger partial charge >= 0.3 is 0 Å². The number of rotatable bonds is 2. The van der Waals surface area contributed by atoms with E-state index in [1.165, 1.54) is 22.3 Å². The average molecular weight is 284 g/mol. The van der Waals surface area contributed by atoms with Crippen LogP contribution < -0.4 is 5.32 Å². The van der Waals surface area contributed by atoms with E-state index < -0.39 is 0 Å². The zero-order chi connectivity index (χ0) is 15.2. The predicted molar refractivity (Wildman–Crippen MR) is 91.9 cm³/mol. The van der Waals surface area contributed by atoms with E-state index in [9.17, 15) is 0 Å². The minimum Gasteiger partial charge on any atom is -0.249 e. The Morgan fingerprint density at radius 1 is 0.682 bits per heavy atom. The van der Waals surface area contributed by atoms with Crippen LogP contribution in [0.5, 0.6) is 0 Å². The molecule has 1 aliphatic rings. The van der Waals surface area contributed by atoms with Crippen LogP contribution in [0.4, 0.5) is 11.4 Å². The average Bonchev–Trinajstić information content (AvgIpc) is 2.78. The number of nitrogens with zero attached hydrogens (tertiary/aromatic N) is 1. The molecular formula is C21H18N. The van der Waals surface area contributed by atoms with E-state index in [1.807, 2.05) is 18.2 Å². The van der Waals surface area contributed by atoms with Gasteiger partial charge < -0.3 is 0 Å². The Labute approximate surface area is 131 Å². The molecule has 0 heterocycles. The second kappa shape index (κ2) is 4.74. The number of hydrogen-bond donors (Lipinski definition) is 0. The van der Waals surface area contributed by atoms with Crippen molar-refractivity contribution in [2.75, 3.05) is 0 Å². The fraction of sp³-hybridized carbons (Fsp3) is 0.143. The second-order valence-electron chi connectivity index (χ2n) is 6.32. The van der Waals surface area contributed by atoms with E-state index in [0.717, 1.165) is 11.4 Å². The summed E-state index contributed by atoms with van der Waals surface area (Å²) in [5, 5.41) is 4.89. The van der Waals surface area contributed by atoms with Crippen molar-refractivity contribution in [3.05, 3.63) is 83.9 Å². The van der Waals surface area contributed by atoms with Crippen molar-refractivity contribution in [1.29, 1.82) is 0 Å². The summed E-state index contributed by atoms with van der Waals surface area (Å²) in [5.41, 5.74) is 7.44. The maximum absolute atomic E-state index is 4.89. The SMILES string of the molecule is CC1(C)c2ccccc2-c2cccc([N]c3ccccc3)c21. The molecule has 0 saturated carbocycles. The van der Waals surface area contributed by atoms with Crippen LogP contribution in [0, 0.1) is 0 Å². The fourth-order valence-electron chi connectivity index (χ4n) is 3.55. The minimum absolute atomic E-state index is 0.0131. The molecule has 0 bridgehead atoms. The van der Waals surface area contributed by atoms with Crippen molar-refractivity contribution in [3.8, 4) is 11.1 Å². The summed E-state index contributed by atoms with van der Waals surface area (Å²) in [5.74, 6) is 0. The van der Waals surface area contributed by atoms with Gasteiger partial charge in [-0.2, -0.15) is 0 Å². The normalized spacial score (nSPS) is 14.3.